The van der Waals surface area contributed by atoms with Gasteiger partial charge in [-0.1, -0.05) is 65.2 Å². The third kappa shape index (κ3) is 5.70. The number of rotatable bonds is 11. The van der Waals surface area contributed by atoms with Gasteiger partial charge in [0, 0.05) is 0 Å². The van der Waals surface area contributed by atoms with Crippen LogP contribution in [0.2, 0.25) is 0 Å². The fraction of sp³-hybridized carbons (Fsp3) is 0.933. The molecule has 19 heavy (non-hydrogen) atoms. The van der Waals surface area contributed by atoms with E-state index in [9.17, 15) is 0 Å². The van der Waals surface area contributed by atoms with Gasteiger partial charge in [0.2, 0.25) is 0 Å². The van der Waals surface area contributed by atoms with Gasteiger partial charge < -0.3 is 0 Å². The van der Waals surface area contributed by atoms with Gasteiger partial charge in [0.15, 0.2) is 0 Å². The van der Waals surface area contributed by atoms with E-state index < -0.39 is 0 Å². The predicted octanol–water partition coefficient (Wildman–Crippen LogP) is 4.33. The van der Waals surface area contributed by atoms with Crippen LogP contribution < -0.4 is 0 Å². The summed E-state index contributed by atoms with van der Waals surface area (Å²) < 4.78 is 1.98. The number of tetrazole rings is 1. The SMILES string of the molecule is CCCCCCC(C)(CCCCCC)n1cnnn1. The molecule has 0 spiro atoms. The topological polar surface area (TPSA) is 43.6 Å². The lowest BCUT2D eigenvalue weighted by Gasteiger charge is -2.29. The molecular weight excluding hydrogens is 236 g/mol. The van der Waals surface area contributed by atoms with Crippen LogP contribution >= 0.6 is 0 Å². The molecule has 4 heteroatoms. The minimum absolute atomic E-state index is 0.102. The van der Waals surface area contributed by atoms with Gasteiger partial charge in [0.25, 0.3) is 0 Å². The number of hydrogen-bond acceptors (Lipinski definition) is 3. The molecule has 0 aliphatic rings. The largest absolute Gasteiger partial charge is 0.227 e. The van der Waals surface area contributed by atoms with E-state index in [1.165, 1.54) is 64.2 Å². The van der Waals surface area contributed by atoms with Crippen molar-refractivity contribution < 1.29 is 0 Å². The summed E-state index contributed by atoms with van der Waals surface area (Å²) in [5.41, 5.74) is 0.102. The molecule has 0 unspecified atom stereocenters. The van der Waals surface area contributed by atoms with E-state index in [1.807, 2.05) is 4.68 Å². The highest BCUT2D eigenvalue weighted by molar-refractivity contribution is 4.80. The normalized spacial score (nSPS) is 11.9. The van der Waals surface area contributed by atoms with Crippen molar-refractivity contribution in [1.82, 2.24) is 20.2 Å². The molecule has 0 radical (unpaired) electrons. The second kappa shape index (κ2) is 9.05. The molecule has 0 amide bonds. The van der Waals surface area contributed by atoms with Crippen LogP contribution in [0, 0.1) is 0 Å². The van der Waals surface area contributed by atoms with Crippen molar-refractivity contribution in [1.29, 1.82) is 0 Å². The van der Waals surface area contributed by atoms with Crippen LogP contribution in [-0.2, 0) is 5.54 Å². The molecule has 0 N–H and O–H groups in total. The summed E-state index contributed by atoms with van der Waals surface area (Å²) in [6.07, 6.45) is 14.6. The Hall–Kier alpha value is -0.930. The maximum Gasteiger partial charge on any atom is 0.138 e. The zero-order chi connectivity index (χ0) is 14.0. The first-order valence-corrected chi connectivity index (χ1v) is 7.96. The second-order valence-corrected chi connectivity index (χ2v) is 5.87. The zero-order valence-electron chi connectivity index (χ0n) is 12.9. The predicted molar refractivity (Wildman–Crippen MR) is 79.0 cm³/mol. The van der Waals surface area contributed by atoms with E-state index in [0.29, 0.717) is 0 Å². The molecule has 0 atom stereocenters. The van der Waals surface area contributed by atoms with E-state index in [2.05, 4.69) is 36.3 Å². The van der Waals surface area contributed by atoms with E-state index in [4.69, 9.17) is 0 Å². The summed E-state index contributed by atoms with van der Waals surface area (Å²) in [7, 11) is 0. The Morgan fingerprint density at radius 1 is 0.895 bits per heavy atom. The molecule has 0 aliphatic heterocycles. The van der Waals surface area contributed by atoms with Crippen molar-refractivity contribution in [2.75, 3.05) is 0 Å². The monoisotopic (exact) mass is 266 g/mol. The molecule has 0 aromatic carbocycles. The third-order valence-electron chi connectivity index (χ3n) is 4.04. The molecule has 0 fully saturated rings. The smallest absolute Gasteiger partial charge is 0.138 e. The van der Waals surface area contributed by atoms with Gasteiger partial charge in [-0.05, 0) is 30.2 Å². The van der Waals surface area contributed by atoms with Crippen molar-refractivity contribution in [2.45, 2.75) is 90.5 Å². The van der Waals surface area contributed by atoms with Crippen LogP contribution in [0.15, 0.2) is 6.33 Å². The highest BCUT2D eigenvalue weighted by Crippen LogP contribution is 2.29. The molecular formula is C15H30N4. The van der Waals surface area contributed by atoms with Crippen molar-refractivity contribution >= 4 is 0 Å². The van der Waals surface area contributed by atoms with Crippen molar-refractivity contribution in [2.24, 2.45) is 0 Å². The van der Waals surface area contributed by atoms with Gasteiger partial charge in [-0.2, -0.15) is 0 Å². The Balaban J connectivity index is 2.47. The summed E-state index contributed by atoms with van der Waals surface area (Å²) in [6, 6.07) is 0. The Kier molecular flexibility index (Phi) is 7.68. The maximum absolute atomic E-state index is 4.14. The summed E-state index contributed by atoms with van der Waals surface area (Å²) in [5, 5.41) is 11.8. The van der Waals surface area contributed by atoms with Crippen LogP contribution in [0.5, 0.6) is 0 Å². The summed E-state index contributed by atoms with van der Waals surface area (Å²) in [4.78, 5) is 0. The first-order valence-electron chi connectivity index (χ1n) is 7.96. The van der Waals surface area contributed by atoms with Gasteiger partial charge >= 0.3 is 0 Å². The van der Waals surface area contributed by atoms with E-state index in [1.54, 1.807) is 6.33 Å². The number of hydrogen-bond donors (Lipinski definition) is 0. The highest BCUT2D eigenvalue weighted by Gasteiger charge is 2.26. The van der Waals surface area contributed by atoms with E-state index in [0.717, 1.165) is 0 Å². The Morgan fingerprint density at radius 2 is 1.47 bits per heavy atom. The summed E-state index contributed by atoms with van der Waals surface area (Å²) in [5.74, 6) is 0. The molecule has 0 saturated heterocycles. The molecule has 1 rings (SSSR count). The number of aromatic nitrogens is 4. The quantitative estimate of drug-likeness (QED) is 0.560. The molecule has 1 heterocycles. The Bertz CT molecular complexity index is 296. The van der Waals surface area contributed by atoms with Crippen molar-refractivity contribution in [3.05, 3.63) is 6.33 Å². The van der Waals surface area contributed by atoms with Crippen LogP contribution in [0.3, 0.4) is 0 Å². The van der Waals surface area contributed by atoms with Crippen molar-refractivity contribution in [3.8, 4) is 0 Å². The van der Waals surface area contributed by atoms with Crippen LogP contribution in [0.25, 0.3) is 0 Å². The number of nitrogens with zero attached hydrogens (tertiary/aromatic N) is 4. The van der Waals surface area contributed by atoms with E-state index >= 15 is 0 Å². The second-order valence-electron chi connectivity index (χ2n) is 5.87. The maximum atomic E-state index is 4.14. The van der Waals surface area contributed by atoms with Gasteiger partial charge in [0.1, 0.15) is 6.33 Å². The molecule has 1 aromatic rings. The third-order valence-corrected chi connectivity index (χ3v) is 4.04. The van der Waals surface area contributed by atoms with Gasteiger partial charge in [-0.3, -0.25) is 0 Å². The summed E-state index contributed by atoms with van der Waals surface area (Å²) >= 11 is 0. The lowest BCUT2D eigenvalue weighted by molar-refractivity contribution is 0.222. The van der Waals surface area contributed by atoms with Crippen LogP contribution in [-0.4, -0.2) is 20.2 Å². The lowest BCUT2D eigenvalue weighted by atomic mass is 9.88. The van der Waals surface area contributed by atoms with Gasteiger partial charge in [0.05, 0.1) is 5.54 Å². The minimum Gasteiger partial charge on any atom is -0.227 e. The average molecular weight is 266 g/mol. The first-order chi connectivity index (χ1) is 9.23. The molecule has 0 aliphatic carbocycles. The van der Waals surface area contributed by atoms with Crippen LogP contribution in [0.4, 0.5) is 0 Å². The summed E-state index contributed by atoms with van der Waals surface area (Å²) in [6.45, 7) is 6.82. The molecule has 0 saturated carbocycles. The molecule has 110 valence electrons. The Morgan fingerprint density at radius 3 is 1.89 bits per heavy atom. The minimum atomic E-state index is 0.102. The molecule has 4 nitrogen and oxygen atoms in total. The van der Waals surface area contributed by atoms with Crippen LogP contribution in [0.1, 0.15) is 85.0 Å². The fourth-order valence-corrected chi connectivity index (χ4v) is 2.63. The van der Waals surface area contributed by atoms with Gasteiger partial charge in [-0.25, -0.2) is 4.68 Å². The van der Waals surface area contributed by atoms with E-state index in [-0.39, 0.29) is 5.54 Å². The zero-order valence-corrected chi connectivity index (χ0v) is 12.9. The molecule has 1 aromatic heterocycles. The standard InChI is InChI=1S/C15H30N4/c1-4-6-8-10-12-15(3,13-11-9-7-5-2)19-14-16-17-18-19/h14H,4-13H2,1-3H3. The number of unbranched alkanes of at least 4 members (excludes halogenated alkanes) is 6. The van der Waals surface area contributed by atoms with Gasteiger partial charge in [-0.15, -0.1) is 5.10 Å². The lowest BCUT2D eigenvalue weighted by Crippen LogP contribution is -2.31. The fourth-order valence-electron chi connectivity index (χ4n) is 2.63. The molecule has 0 bridgehead atoms. The Labute approximate surface area is 118 Å². The first kappa shape index (κ1) is 16.1. The average Bonchev–Trinajstić information content (AvgIpc) is 2.95. The highest BCUT2D eigenvalue weighted by atomic mass is 15.5. The van der Waals surface area contributed by atoms with Crippen molar-refractivity contribution in [3.63, 3.8) is 0 Å².